The Morgan fingerprint density at radius 2 is 0.706 bits per heavy atom. The average molecular weight is 717 g/mol. The molecule has 1 unspecified atom stereocenters. The number of rotatable bonds is 38. The molecule has 0 N–H and O–H groups in total. The first-order valence-electron chi connectivity index (χ1n) is 21.5. The van der Waals surface area contributed by atoms with Crippen molar-refractivity contribution in [2.24, 2.45) is 0 Å². The monoisotopic (exact) mass is 717 g/mol. The van der Waals surface area contributed by atoms with E-state index < -0.39 is 6.10 Å². The molecule has 0 aromatic heterocycles. The number of esters is 3. The third kappa shape index (κ3) is 38.7. The van der Waals surface area contributed by atoms with Crippen molar-refractivity contribution in [3.8, 4) is 0 Å². The summed E-state index contributed by atoms with van der Waals surface area (Å²) in [6.07, 6.45) is 44.4. The van der Waals surface area contributed by atoms with Crippen LogP contribution in [0.2, 0.25) is 0 Å². The number of carbonyl (C=O) groups excluding carboxylic acids is 3. The zero-order chi connectivity index (χ0) is 37.3. The van der Waals surface area contributed by atoms with Crippen molar-refractivity contribution in [3.63, 3.8) is 0 Å². The minimum atomic E-state index is -0.774. The number of unbranched alkanes of at least 4 members (excludes halogenated alkanes) is 21. The van der Waals surface area contributed by atoms with Crippen molar-refractivity contribution in [2.45, 2.75) is 219 Å². The lowest BCUT2D eigenvalue weighted by molar-refractivity contribution is -0.167. The first-order valence-corrected chi connectivity index (χ1v) is 21.5. The molecule has 51 heavy (non-hydrogen) atoms. The Morgan fingerprint density at radius 1 is 0.392 bits per heavy atom. The number of hydrogen-bond acceptors (Lipinski definition) is 6. The van der Waals surface area contributed by atoms with Crippen LogP contribution in [0.5, 0.6) is 0 Å². The van der Waals surface area contributed by atoms with Gasteiger partial charge in [-0.05, 0) is 77.0 Å². The Balaban J connectivity index is 4.28. The van der Waals surface area contributed by atoms with Crippen LogP contribution in [0.25, 0.3) is 0 Å². The van der Waals surface area contributed by atoms with E-state index >= 15 is 0 Å². The minimum absolute atomic E-state index is 0.0807. The van der Waals surface area contributed by atoms with Crippen LogP contribution in [0, 0.1) is 0 Å². The van der Waals surface area contributed by atoms with E-state index in [4.69, 9.17) is 14.2 Å². The van der Waals surface area contributed by atoms with Gasteiger partial charge in [-0.15, -0.1) is 0 Å². The summed E-state index contributed by atoms with van der Waals surface area (Å²) in [7, 11) is 0. The number of carbonyl (C=O) groups is 3. The van der Waals surface area contributed by atoms with Gasteiger partial charge in [-0.25, -0.2) is 0 Å². The summed E-state index contributed by atoms with van der Waals surface area (Å²) < 4.78 is 16.5. The van der Waals surface area contributed by atoms with E-state index in [0.29, 0.717) is 19.3 Å². The van der Waals surface area contributed by atoms with Crippen LogP contribution in [0.1, 0.15) is 213 Å². The van der Waals surface area contributed by atoms with Gasteiger partial charge in [-0.1, -0.05) is 154 Å². The van der Waals surface area contributed by atoms with Crippen molar-refractivity contribution in [1.29, 1.82) is 0 Å². The topological polar surface area (TPSA) is 78.9 Å². The Kier molecular flexibility index (Phi) is 38.5. The lowest BCUT2D eigenvalue weighted by Crippen LogP contribution is -2.30. The van der Waals surface area contributed by atoms with Crippen LogP contribution in [0.4, 0.5) is 0 Å². The fourth-order valence-corrected chi connectivity index (χ4v) is 5.82. The second-order valence-electron chi connectivity index (χ2n) is 14.3. The molecular weight excluding hydrogens is 636 g/mol. The van der Waals surface area contributed by atoms with E-state index in [-0.39, 0.29) is 31.1 Å². The van der Waals surface area contributed by atoms with Crippen LogP contribution in [-0.2, 0) is 28.6 Å². The Hall–Kier alpha value is -2.37. The van der Waals surface area contributed by atoms with Gasteiger partial charge in [0.2, 0.25) is 0 Å². The van der Waals surface area contributed by atoms with Gasteiger partial charge >= 0.3 is 17.9 Å². The molecule has 0 aliphatic heterocycles. The maximum atomic E-state index is 12.6. The van der Waals surface area contributed by atoms with E-state index in [2.05, 4.69) is 57.2 Å². The Labute approximate surface area is 315 Å². The summed E-state index contributed by atoms with van der Waals surface area (Å²) in [6, 6.07) is 0. The van der Waals surface area contributed by atoms with E-state index in [9.17, 15) is 14.4 Å². The van der Waals surface area contributed by atoms with E-state index in [1.54, 1.807) is 0 Å². The highest BCUT2D eigenvalue weighted by Gasteiger charge is 2.19. The van der Waals surface area contributed by atoms with Crippen molar-refractivity contribution >= 4 is 17.9 Å². The first-order chi connectivity index (χ1) is 25.0. The zero-order valence-electron chi connectivity index (χ0n) is 33.6. The van der Waals surface area contributed by atoms with E-state index in [1.807, 2.05) is 0 Å². The molecule has 0 radical (unpaired) electrons. The molecular formula is C45H80O6. The molecule has 1 atom stereocenters. The van der Waals surface area contributed by atoms with Crippen LogP contribution < -0.4 is 0 Å². The summed E-state index contributed by atoms with van der Waals surface area (Å²) in [5.74, 6) is -0.919. The quantitative estimate of drug-likeness (QED) is 0.0274. The molecule has 296 valence electrons. The maximum Gasteiger partial charge on any atom is 0.306 e. The van der Waals surface area contributed by atoms with Crippen LogP contribution >= 0.6 is 0 Å². The minimum Gasteiger partial charge on any atom is -0.462 e. The summed E-state index contributed by atoms with van der Waals surface area (Å²) in [4.78, 5) is 37.4. The van der Waals surface area contributed by atoms with Gasteiger partial charge in [0.05, 0.1) is 0 Å². The van der Waals surface area contributed by atoms with E-state index in [0.717, 1.165) is 96.3 Å². The van der Waals surface area contributed by atoms with Crippen molar-refractivity contribution in [2.75, 3.05) is 13.2 Å². The number of hydrogen-bond donors (Lipinski definition) is 0. The van der Waals surface area contributed by atoms with E-state index in [1.165, 1.54) is 77.0 Å². The SMILES string of the molecule is CCCCC/C=C\C/C=C\CCCCCCCC(=O)OCC(COC(=O)CCCCCCC)OC(=O)CCCCCCC/C=C\CCCCCC. The van der Waals surface area contributed by atoms with Crippen molar-refractivity contribution in [1.82, 2.24) is 0 Å². The van der Waals surface area contributed by atoms with Gasteiger partial charge in [0.15, 0.2) is 6.10 Å². The third-order valence-electron chi connectivity index (χ3n) is 9.12. The molecule has 0 fully saturated rings. The molecule has 0 aliphatic rings. The molecule has 6 heteroatoms. The Bertz CT molecular complexity index is 876. The molecule has 0 saturated carbocycles. The molecule has 0 aromatic rings. The van der Waals surface area contributed by atoms with Crippen LogP contribution in [-0.4, -0.2) is 37.2 Å². The zero-order valence-corrected chi connectivity index (χ0v) is 33.6. The molecule has 0 aromatic carbocycles. The smallest absolute Gasteiger partial charge is 0.306 e. The lowest BCUT2D eigenvalue weighted by atomic mass is 10.1. The molecule has 0 rings (SSSR count). The second-order valence-corrected chi connectivity index (χ2v) is 14.3. The highest BCUT2D eigenvalue weighted by Crippen LogP contribution is 2.13. The normalized spacial score (nSPS) is 12.3. The molecule has 0 heterocycles. The fraction of sp³-hybridized carbons (Fsp3) is 0.800. The largest absolute Gasteiger partial charge is 0.462 e. The first kappa shape index (κ1) is 48.6. The van der Waals surface area contributed by atoms with Crippen molar-refractivity contribution in [3.05, 3.63) is 36.5 Å². The van der Waals surface area contributed by atoms with Gasteiger partial charge in [0.1, 0.15) is 13.2 Å². The molecule has 0 spiro atoms. The number of ether oxygens (including phenoxy) is 3. The summed E-state index contributed by atoms with van der Waals surface area (Å²) >= 11 is 0. The summed E-state index contributed by atoms with van der Waals surface area (Å²) in [5.41, 5.74) is 0. The second kappa shape index (κ2) is 40.4. The molecule has 0 bridgehead atoms. The predicted octanol–water partition coefficient (Wildman–Crippen LogP) is 13.4. The van der Waals surface area contributed by atoms with Crippen molar-refractivity contribution < 1.29 is 28.6 Å². The van der Waals surface area contributed by atoms with Gasteiger partial charge in [-0.3, -0.25) is 14.4 Å². The highest BCUT2D eigenvalue weighted by molar-refractivity contribution is 5.71. The fourth-order valence-electron chi connectivity index (χ4n) is 5.82. The van der Waals surface area contributed by atoms with Gasteiger partial charge in [-0.2, -0.15) is 0 Å². The molecule has 0 saturated heterocycles. The van der Waals surface area contributed by atoms with Gasteiger partial charge in [0, 0.05) is 19.3 Å². The summed E-state index contributed by atoms with van der Waals surface area (Å²) in [6.45, 7) is 6.48. The average Bonchev–Trinajstić information content (AvgIpc) is 3.12. The van der Waals surface area contributed by atoms with Gasteiger partial charge < -0.3 is 14.2 Å². The standard InChI is InChI=1S/C45H80O6/c1-4-7-10-13-15-17-19-21-22-24-25-27-29-32-35-38-44(47)50-41-42(40-49-43(46)37-34-31-12-9-6-3)51-45(48)39-36-33-30-28-26-23-20-18-16-14-11-8-5-2/h15,17-18,20-22,42H,4-14,16,19,23-41H2,1-3H3/b17-15-,20-18-,22-21-. The third-order valence-corrected chi connectivity index (χ3v) is 9.12. The van der Waals surface area contributed by atoms with Crippen LogP contribution in [0.15, 0.2) is 36.5 Å². The van der Waals surface area contributed by atoms with Crippen LogP contribution in [0.3, 0.4) is 0 Å². The number of allylic oxidation sites excluding steroid dienone is 6. The maximum absolute atomic E-state index is 12.6. The molecule has 0 aliphatic carbocycles. The molecule has 0 amide bonds. The lowest BCUT2D eigenvalue weighted by Gasteiger charge is -2.18. The Morgan fingerprint density at radius 3 is 1.16 bits per heavy atom. The van der Waals surface area contributed by atoms with Gasteiger partial charge in [0.25, 0.3) is 0 Å². The molecule has 6 nitrogen and oxygen atoms in total. The predicted molar refractivity (Wildman–Crippen MR) is 215 cm³/mol. The highest BCUT2D eigenvalue weighted by atomic mass is 16.6. The summed E-state index contributed by atoms with van der Waals surface area (Å²) in [5, 5.41) is 0.